The van der Waals surface area contributed by atoms with Crippen molar-refractivity contribution >= 4 is 55.9 Å². The number of carbonyl (C=O) groups is 2. The van der Waals surface area contributed by atoms with Crippen LogP contribution in [0.2, 0.25) is 5.02 Å². The minimum absolute atomic E-state index is 0.0433. The molecule has 3 heterocycles. The molecule has 0 saturated heterocycles. The molecule has 204 valence electrons. The quantitative estimate of drug-likeness (QED) is 0.258. The lowest BCUT2D eigenvalue weighted by Crippen LogP contribution is -2.20. The van der Waals surface area contributed by atoms with E-state index in [0.29, 0.717) is 17.6 Å². The number of aromatic nitrogens is 3. The molecule has 0 saturated carbocycles. The summed E-state index contributed by atoms with van der Waals surface area (Å²) in [5, 5.41) is 6.93. The highest BCUT2D eigenvalue weighted by molar-refractivity contribution is 7.13. The topological polar surface area (TPSA) is 103 Å². The van der Waals surface area contributed by atoms with E-state index < -0.39 is 53.8 Å². The molecule has 7 nitrogen and oxygen atoms in total. The van der Waals surface area contributed by atoms with Crippen LogP contribution in [0.1, 0.15) is 43.7 Å². The average molecular weight is 592 g/mol. The summed E-state index contributed by atoms with van der Waals surface area (Å²) in [6.07, 6.45) is -3.51. The molecule has 2 amide bonds. The Morgan fingerprint density at radius 3 is 2.62 bits per heavy atom. The molecule has 0 radical (unpaired) electrons. The van der Waals surface area contributed by atoms with Crippen LogP contribution in [0.25, 0.3) is 32.1 Å². The van der Waals surface area contributed by atoms with Crippen molar-refractivity contribution in [2.24, 2.45) is 12.8 Å². The van der Waals surface area contributed by atoms with Gasteiger partial charge in [-0.2, -0.15) is 9.47 Å². The summed E-state index contributed by atoms with van der Waals surface area (Å²) >= 11 is 6.96. The molecule has 1 aliphatic heterocycles. The van der Waals surface area contributed by atoms with Gasteiger partial charge in [0.05, 0.1) is 28.4 Å². The van der Waals surface area contributed by atoms with Crippen LogP contribution in [-0.4, -0.2) is 32.4 Å². The number of amides is 2. The molecule has 1 atom stereocenters. The Hall–Kier alpha value is -4.10. The number of nitrogens with two attached hydrogens (primary N) is 1. The second-order valence-corrected chi connectivity index (χ2v) is 10.3. The number of aryl methyl sites for hydroxylation is 1. The number of nitrogens with one attached hydrogen (secondary N) is 1. The molecule has 6 rings (SSSR count). The highest BCUT2D eigenvalue weighted by atomic mass is 35.5. The standard InChI is InChI=1S/C26H15ClF5N5O2S/c1-37-15(7-16(31)32)10-5-11(17-13(29)6-14(30)24-19(17)23(25(33)38)36-40-24)18-20(22(10)35-37)26(39)34-21(18)9-4-8(28)2-3-12(9)27/h2-6,16,21H,7H2,1H3,(H2,33,38)(H,34,39). The summed E-state index contributed by atoms with van der Waals surface area (Å²) in [6.45, 7) is 0. The van der Waals surface area contributed by atoms with E-state index in [1.807, 2.05) is 0 Å². The fourth-order valence-electron chi connectivity index (χ4n) is 5.25. The molecule has 3 N–H and O–H groups in total. The predicted octanol–water partition coefficient (Wildman–Crippen LogP) is 5.66. The molecule has 40 heavy (non-hydrogen) atoms. The van der Waals surface area contributed by atoms with Gasteiger partial charge in [-0.1, -0.05) is 11.6 Å². The molecule has 3 aromatic carbocycles. The zero-order valence-electron chi connectivity index (χ0n) is 20.2. The van der Waals surface area contributed by atoms with Gasteiger partial charge in [0.2, 0.25) is 6.43 Å². The average Bonchev–Trinajstić information content (AvgIpc) is 3.55. The van der Waals surface area contributed by atoms with E-state index in [-0.39, 0.29) is 59.5 Å². The minimum atomic E-state index is -2.78. The number of hydrogen-bond acceptors (Lipinski definition) is 5. The monoisotopic (exact) mass is 591 g/mol. The Morgan fingerprint density at radius 1 is 1.18 bits per heavy atom. The smallest absolute Gasteiger partial charge is 0.269 e. The highest BCUT2D eigenvalue weighted by Gasteiger charge is 2.39. The van der Waals surface area contributed by atoms with E-state index in [4.69, 9.17) is 17.3 Å². The number of primary amides is 1. The Bertz CT molecular complexity index is 1920. The maximum absolute atomic E-state index is 15.8. The zero-order valence-corrected chi connectivity index (χ0v) is 21.7. The first kappa shape index (κ1) is 26.1. The summed E-state index contributed by atoms with van der Waals surface area (Å²) < 4.78 is 76.9. The first-order valence-electron chi connectivity index (χ1n) is 11.6. The van der Waals surface area contributed by atoms with Crippen LogP contribution in [0.5, 0.6) is 0 Å². The van der Waals surface area contributed by atoms with E-state index >= 15 is 4.39 Å². The summed E-state index contributed by atoms with van der Waals surface area (Å²) in [5.41, 5.74) is 4.87. The lowest BCUT2D eigenvalue weighted by atomic mass is 9.86. The molecular formula is C26H15ClF5N5O2S. The lowest BCUT2D eigenvalue weighted by molar-refractivity contribution is 0.0960. The number of benzene rings is 3. The third-order valence-corrected chi connectivity index (χ3v) is 8.05. The summed E-state index contributed by atoms with van der Waals surface area (Å²) in [6, 6.07) is 4.28. The molecule has 0 spiro atoms. The van der Waals surface area contributed by atoms with Crippen LogP contribution in [0, 0.1) is 17.5 Å². The number of halogens is 6. The fraction of sp³-hybridized carbons (Fsp3) is 0.154. The fourth-order valence-corrected chi connectivity index (χ4v) is 6.28. The van der Waals surface area contributed by atoms with Crippen LogP contribution >= 0.6 is 23.1 Å². The van der Waals surface area contributed by atoms with Crippen molar-refractivity contribution in [1.29, 1.82) is 0 Å². The number of alkyl halides is 2. The molecule has 0 fully saturated rings. The van der Waals surface area contributed by atoms with Gasteiger partial charge in [0.25, 0.3) is 11.8 Å². The maximum Gasteiger partial charge on any atom is 0.269 e. The lowest BCUT2D eigenvalue weighted by Gasteiger charge is -2.19. The number of hydrogen-bond donors (Lipinski definition) is 2. The largest absolute Gasteiger partial charge is 0.364 e. The third-order valence-electron chi connectivity index (χ3n) is 6.85. The van der Waals surface area contributed by atoms with Crippen LogP contribution in [0.3, 0.4) is 0 Å². The van der Waals surface area contributed by atoms with Gasteiger partial charge in [0, 0.05) is 45.6 Å². The number of carbonyl (C=O) groups excluding carboxylic acids is 2. The van der Waals surface area contributed by atoms with Gasteiger partial charge in [-0.15, -0.1) is 0 Å². The van der Waals surface area contributed by atoms with E-state index in [2.05, 4.69) is 14.8 Å². The first-order valence-corrected chi connectivity index (χ1v) is 12.8. The Morgan fingerprint density at radius 2 is 1.93 bits per heavy atom. The Balaban J connectivity index is 1.81. The van der Waals surface area contributed by atoms with Crippen molar-refractivity contribution < 1.29 is 31.5 Å². The van der Waals surface area contributed by atoms with E-state index in [0.717, 1.165) is 12.1 Å². The molecule has 1 aliphatic rings. The highest BCUT2D eigenvalue weighted by Crippen LogP contribution is 2.47. The predicted molar refractivity (Wildman–Crippen MR) is 138 cm³/mol. The maximum atomic E-state index is 15.8. The van der Waals surface area contributed by atoms with Crippen molar-refractivity contribution in [3.63, 3.8) is 0 Å². The van der Waals surface area contributed by atoms with Crippen molar-refractivity contribution in [2.75, 3.05) is 0 Å². The summed E-state index contributed by atoms with van der Waals surface area (Å²) in [5.74, 6) is -4.56. The van der Waals surface area contributed by atoms with Gasteiger partial charge in [-0.3, -0.25) is 14.3 Å². The van der Waals surface area contributed by atoms with Crippen LogP contribution in [-0.2, 0) is 13.5 Å². The van der Waals surface area contributed by atoms with Crippen molar-refractivity contribution in [3.8, 4) is 11.1 Å². The van der Waals surface area contributed by atoms with E-state index in [1.165, 1.54) is 23.9 Å². The van der Waals surface area contributed by atoms with Gasteiger partial charge < -0.3 is 11.1 Å². The third kappa shape index (κ3) is 3.83. The molecule has 1 unspecified atom stereocenters. The number of rotatable bonds is 5. The Kier molecular flexibility index (Phi) is 6.04. The molecule has 5 aromatic rings. The molecular weight excluding hydrogens is 577 g/mol. The van der Waals surface area contributed by atoms with E-state index in [9.17, 15) is 27.2 Å². The number of nitrogens with zero attached hydrogens (tertiary/aromatic N) is 3. The number of fused-ring (bicyclic) bond motifs is 4. The molecule has 0 bridgehead atoms. The second kappa shape index (κ2) is 9.24. The van der Waals surface area contributed by atoms with Crippen LogP contribution < -0.4 is 11.1 Å². The van der Waals surface area contributed by atoms with Gasteiger partial charge in [0.1, 0.15) is 28.7 Å². The van der Waals surface area contributed by atoms with Crippen molar-refractivity contribution in [1.82, 2.24) is 19.5 Å². The molecule has 0 aliphatic carbocycles. The van der Waals surface area contributed by atoms with Gasteiger partial charge in [-0.05, 0) is 41.4 Å². The minimum Gasteiger partial charge on any atom is -0.364 e. The van der Waals surface area contributed by atoms with Gasteiger partial charge in [-0.25, -0.2) is 22.0 Å². The van der Waals surface area contributed by atoms with Gasteiger partial charge >= 0.3 is 0 Å². The summed E-state index contributed by atoms with van der Waals surface area (Å²) in [4.78, 5) is 25.7. The summed E-state index contributed by atoms with van der Waals surface area (Å²) in [7, 11) is 1.42. The second-order valence-electron chi connectivity index (χ2n) is 9.16. The molecule has 2 aromatic heterocycles. The first-order chi connectivity index (χ1) is 19.0. The zero-order chi connectivity index (χ0) is 28.6. The van der Waals surface area contributed by atoms with Crippen molar-refractivity contribution in [2.45, 2.75) is 18.9 Å². The Labute approximate surface area is 230 Å². The van der Waals surface area contributed by atoms with E-state index in [1.54, 1.807) is 0 Å². The normalized spacial score (nSPS) is 14.9. The molecule has 14 heteroatoms. The SMILES string of the molecule is Cn1nc2c3c(c(-c4c(F)cc(F)c5snc(C(N)=O)c45)cc2c1CC(F)F)C(c1cc(F)ccc1Cl)NC3=O. The van der Waals surface area contributed by atoms with Crippen LogP contribution in [0.15, 0.2) is 30.3 Å². The van der Waals surface area contributed by atoms with Crippen LogP contribution in [0.4, 0.5) is 22.0 Å². The van der Waals surface area contributed by atoms with Crippen molar-refractivity contribution in [3.05, 3.63) is 80.9 Å². The van der Waals surface area contributed by atoms with Gasteiger partial charge in [0.15, 0.2) is 0 Å².